The molecule has 7 nitrogen and oxygen atoms in total. The van der Waals surface area contributed by atoms with Gasteiger partial charge in [-0.3, -0.25) is 20.2 Å². The zero-order valence-electron chi connectivity index (χ0n) is 7.71. The highest BCUT2D eigenvalue weighted by molar-refractivity contribution is 5.51. The molecule has 0 radical (unpaired) electrons. The standard InChI is InChI=1S/C8H4FN3O4/c9-7-6(11(13)14)2-1-5(3-4-10)8(7)12(15)16/h1-2H,3H2. The third-order valence-corrected chi connectivity index (χ3v) is 1.83. The molecule has 0 atom stereocenters. The fourth-order valence-corrected chi connectivity index (χ4v) is 1.16. The minimum Gasteiger partial charge on any atom is -0.258 e. The maximum absolute atomic E-state index is 13.4. The Kier molecular flexibility index (Phi) is 3.10. The van der Waals surface area contributed by atoms with E-state index in [9.17, 15) is 24.6 Å². The summed E-state index contributed by atoms with van der Waals surface area (Å²) in [6.07, 6.45) is -0.384. The highest BCUT2D eigenvalue weighted by Gasteiger charge is 2.28. The van der Waals surface area contributed by atoms with E-state index in [1.165, 1.54) is 0 Å². The Morgan fingerprint density at radius 3 is 2.38 bits per heavy atom. The van der Waals surface area contributed by atoms with Gasteiger partial charge in [-0.25, -0.2) is 0 Å². The van der Waals surface area contributed by atoms with Gasteiger partial charge in [0.15, 0.2) is 0 Å². The van der Waals surface area contributed by atoms with E-state index in [0.717, 1.165) is 12.1 Å². The van der Waals surface area contributed by atoms with E-state index in [2.05, 4.69) is 0 Å². The Labute approximate surface area is 88.0 Å². The topological polar surface area (TPSA) is 110 Å². The summed E-state index contributed by atoms with van der Waals surface area (Å²) in [4.78, 5) is 18.7. The van der Waals surface area contributed by atoms with Crippen molar-refractivity contribution in [2.45, 2.75) is 6.42 Å². The first-order chi connectivity index (χ1) is 7.49. The lowest BCUT2D eigenvalue weighted by Crippen LogP contribution is -2.02. The molecule has 0 N–H and O–H groups in total. The fourth-order valence-electron chi connectivity index (χ4n) is 1.16. The van der Waals surface area contributed by atoms with Gasteiger partial charge in [-0.2, -0.15) is 9.65 Å². The number of benzene rings is 1. The van der Waals surface area contributed by atoms with Crippen molar-refractivity contribution >= 4 is 11.4 Å². The molecule has 0 aromatic heterocycles. The molecule has 1 rings (SSSR count). The molecule has 0 fully saturated rings. The van der Waals surface area contributed by atoms with Crippen LogP contribution in [0, 0.1) is 37.4 Å². The second-order valence-electron chi connectivity index (χ2n) is 2.76. The van der Waals surface area contributed by atoms with Crippen LogP contribution >= 0.6 is 0 Å². The van der Waals surface area contributed by atoms with Crippen molar-refractivity contribution in [2.24, 2.45) is 0 Å². The van der Waals surface area contributed by atoms with E-state index < -0.39 is 27.0 Å². The van der Waals surface area contributed by atoms with Crippen LogP contribution in [0.4, 0.5) is 15.8 Å². The average Bonchev–Trinajstić information content (AvgIpc) is 2.17. The zero-order valence-corrected chi connectivity index (χ0v) is 7.71. The van der Waals surface area contributed by atoms with E-state index in [1.807, 2.05) is 0 Å². The fraction of sp³-hybridized carbons (Fsp3) is 0.125. The predicted octanol–water partition coefficient (Wildman–Crippen LogP) is 1.71. The van der Waals surface area contributed by atoms with Gasteiger partial charge < -0.3 is 0 Å². The van der Waals surface area contributed by atoms with Crippen LogP contribution in [-0.4, -0.2) is 9.85 Å². The minimum absolute atomic E-state index is 0.185. The highest BCUT2D eigenvalue weighted by atomic mass is 19.1. The quantitative estimate of drug-likeness (QED) is 0.574. The first kappa shape index (κ1) is 11.5. The number of nitriles is 1. The molecule has 0 amide bonds. The van der Waals surface area contributed by atoms with E-state index >= 15 is 0 Å². The number of nitro benzene ring substituents is 2. The first-order valence-corrected chi connectivity index (χ1v) is 3.96. The molecule has 0 saturated heterocycles. The van der Waals surface area contributed by atoms with Crippen molar-refractivity contribution in [3.8, 4) is 6.07 Å². The smallest absolute Gasteiger partial charge is 0.258 e. The Bertz CT molecular complexity index is 509. The van der Waals surface area contributed by atoms with Crippen molar-refractivity contribution in [3.05, 3.63) is 43.7 Å². The summed E-state index contributed by atoms with van der Waals surface area (Å²) in [5.74, 6) is -1.53. The lowest BCUT2D eigenvalue weighted by molar-refractivity contribution is -0.399. The first-order valence-electron chi connectivity index (χ1n) is 3.96. The third-order valence-electron chi connectivity index (χ3n) is 1.83. The van der Waals surface area contributed by atoms with Gasteiger partial charge in [0.05, 0.1) is 22.3 Å². The number of nitro groups is 2. The van der Waals surface area contributed by atoms with Crippen LogP contribution in [0.1, 0.15) is 5.56 Å². The van der Waals surface area contributed by atoms with Gasteiger partial charge >= 0.3 is 11.4 Å². The highest BCUT2D eigenvalue weighted by Crippen LogP contribution is 2.30. The molecule has 1 aromatic rings. The number of hydrogen-bond donors (Lipinski definition) is 0. The molecule has 0 heterocycles. The van der Waals surface area contributed by atoms with Crippen LogP contribution in [0.25, 0.3) is 0 Å². The molecule has 0 aliphatic heterocycles. The minimum atomic E-state index is -1.53. The van der Waals surface area contributed by atoms with Crippen LogP contribution in [0.15, 0.2) is 12.1 Å². The van der Waals surface area contributed by atoms with Crippen LogP contribution < -0.4 is 0 Å². The van der Waals surface area contributed by atoms with Crippen molar-refractivity contribution in [1.82, 2.24) is 0 Å². The van der Waals surface area contributed by atoms with Crippen LogP contribution in [0.5, 0.6) is 0 Å². The molecule has 0 bridgehead atoms. The van der Waals surface area contributed by atoms with E-state index in [-0.39, 0.29) is 12.0 Å². The average molecular weight is 225 g/mol. The molecule has 8 heteroatoms. The maximum atomic E-state index is 13.4. The number of hydrogen-bond acceptors (Lipinski definition) is 5. The van der Waals surface area contributed by atoms with Crippen molar-refractivity contribution in [3.63, 3.8) is 0 Å². The Morgan fingerprint density at radius 1 is 1.31 bits per heavy atom. The molecule has 16 heavy (non-hydrogen) atoms. The van der Waals surface area contributed by atoms with Crippen molar-refractivity contribution in [1.29, 1.82) is 5.26 Å². The second kappa shape index (κ2) is 4.31. The van der Waals surface area contributed by atoms with Crippen LogP contribution in [0.3, 0.4) is 0 Å². The number of nitrogens with zero attached hydrogens (tertiary/aromatic N) is 3. The predicted molar refractivity (Wildman–Crippen MR) is 49.0 cm³/mol. The molecule has 0 unspecified atom stereocenters. The molecular weight excluding hydrogens is 221 g/mol. The SMILES string of the molecule is N#CCc1ccc([N+](=O)[O-])c(F)c1[N+](=O)[O-]. The molecule has 0 saturated carbocycles. The molecular formula is C8H4FN3O4. The summed E-state index contributed by atoms with van der Waals surface area (Å²) in [6.45, 7) is 0. The molecule has 1 aromatic carbocycles. The van der Waals surface area contributed by atoms with Gasteiger partial charge in [-0.05, 0) is 6.07 Å². The molecule has 0 aliphatic rings. The summed E-state index contributed by atoms with van der Waals surface area (Å²) in [6, 6.07) is 3.42. The van der Waals surface area contributed by atoms with Gasteiger partial charge in [-0.1, -0.05) is 0 Å². The van der Waals surface area contributed by atoms with Gasteiger partial charge in [0, 0.05) is 11.6 Å². The second-order valence-corrected chi connectivity index (χ2v) is 2.76. The van der Waals surface area contributed by atoms with Crippen LogP contribution in [-0.2, 0) is 6.42 Å². The zero-order chi connectivity index (χ0) is 12.3. The summed E-state index contributed by atoms with van der Waals surface area (Å²) >= 11 is 0. The number of rotatable bonds is 3. The Balaban J connectivity index is 3.49. The summed E-state index contributed by atoms with van der Waals surface area (Å²) < 4.78 is 13.4. The molecule has 82 valence electrons. The third kappa shape index (κ3) is 1.93. The lowest BCUT2D eigenvalue weighted by Gasteiger charge is -2.00. The summed E-state index contributed by atoms with van der Waals surface area (Å²) in [5.41, 5.74) is -2.18. The van der Waals surface area contributed by atoms with Crippen molar-refractivity contribution < 1.29 is 14.2 Å². The van der Waals surface area contributed by atoms with Crippen LogP contribution in [0.2, 0.25) is 0 Å². The van der Waals surface area contributed by atoms with E-state index in [4.69, 9.17) is 5.26 Å². The lowest BCUT2D eigenvalue weighted by atomic mass is 10.1. The largest absolute Gasteiger partial charge is 0.316 e. The summed E-state index contributed by atoms with van der Waals surface area (Å²) in [7, 11) is 0. The molecule has 0 aliphatic carbocycles. The monoisotopic (exact) mass is 225 g/mol. The Hall–Kier alpha value is -2.56. The summed E-state index contributed by atoms with van der Waals surface area (Å²) in [5, 5.41) is 29.2. The van der Waals surface area contributed by atoms with Gasteiger partial charge in [0.25, 0.3) is 5.82 Å². The van der Waals surface area contributed by atoms with E-state index in [1.54, 1.807) is 6.07 Å². The van der Waals surface area contributed by atoms with Gasteiger partial charge in [0.2, 0.25) is 0 Å². The van der Waals surface area contributed by atoms with Crippen molar-refractivity contribution in [2.75, 3.05) is 0 Å². The van der Waals surface area contributed by atoms with E-state index in [0.29, 0.717) is 0 Å². The van der Waals surface area contributed by atoms with Gasteiger partial charge in [-0.15, -0.1) is 0 Å². The Morgan fingerprint density at radius 2 is 1.94 bits per heavy atom. The normalized spacial score (nSPS) is 9.50. The maximum Gasteiger partial charge on any atom is 0.316 e. The van der Waals surface area contributed by atoms with Gasteiger partial charge in [0.1, 0.15) is 0 Å². The molecule has 0 spiro atoms. The number of halogens is 1.